The third-order valence-electron chi connectivity index (χ3n) is 3.91. The van der Waals surface area contributed by atoms with Crippen molar-refractivity contribution in [2.45, 2.75) is 6.54 Å². The number of hydrogen-bond acceptors (Lipinski definition) is 6. The summed E-state index contributed by atoms with van der Waals surface area (Å²) in [6.07, 6.45) is 1.54. The van der Waals surface area contributed by atoms with Crippen molar-refractivity contribution < 1.29 is 24.5 Å². The monoisotopic (exact) mass is 432 g/mol. The summed E-state index contributed by atoms with van der Waals surface area (Å²) in [5.41, 5.74) is 2.08. The summed E-state index contributed by atoms with van der Waals surface area (Å²) in [6, 6.07) is 10.0. The van der Waals surface area contributed by atoms with Crippen LogP contribution in [0.25, 0.3) is 5.57 Å². The number of aliphatic hydroxyl groups excluding tert-OH is 1. The number of ether oxygens (including phenoxy) is 1. The summed E-state index contributed by atoms with van der Waals surface area (Å²) in [7, 11) is 0. The highest BCUT2D eigenvalue weighted by atomic mass is 79.9. The lowest BCUT2D eigenvalue weighted by Gasteiger charge is -2.18. The summed E-state index contributed by atoms with van der Waals surface area (Å²) in [5.74, 6) is -0.655. The van der Waals surface area contributed by atoms with Gasteiger partial charge >= 0.3 is 0 Å². The van der Waals surface area contributed by atoms with Crippen LogP contribution in [0.1, 0.15) is 21.5 Å². The number of aromatic hydroxyl groups is 1. The zero-order valence-corrected chi connectivity index (χ0v) is 15.7. The molecule has 2 aromatic rings. The van der Waals surface area contributed by atoms with E-state index >= 15 is 0 Å². The third kappa shape index (κ3) is 4.29. The second-order valence-corrected chi connectivity index (χ2v) is 6.70. The molecule has 0 aromatic heterocycles. The molecule has 0 saturated heterocycles. The van der Waals surface area contributed by atoms with E-state index in [4.69, 9.17) is 9.84 Å². The number of imide groups is 1. The van der Waals surface area contributed by atoms with E-state index in [0.717, 1.165) is 10.0 Å². The van der Waals surface area contributed by atoms with E-state index in [0.29, 0.717) is 23.2 Å². The standard InChI is InChI=1S/C19H17BrN2O5/c20-12-2-3-13-14(8-12)15(19(26)22-18(13)25)10-21-9-11-1-4-17(16(24)7-11)27-6-5-23/h1-4,7-8,10,21,23-24H,5-6,9H2,(H,22,25,26)/b15-10-. The minimum absolute atomic E-state index is 0.0364. The first kappa shape index (κ1) is 18.9. The maximum Gasteiger partial charge on any atom is 0.260 e. The average molecular weight is 433 g/mol. The number of hydrogen-bond donors (Lipinski definition) is 4. The van der Waals surface area contributed by atoms with Crippen molar-refractivity contribution in [1.29, 1.82) is 0 Å². The number of carbonyl (C=O) groups is 2. The van der Waals surface area contributed by atoms with Gasteiger partial charge < -0.3 is 20.3 Å². The summed E-state index contributed by atoms with van der Waals surface area (Å²) >= 11 is 3.35. The smallest absolute Gasteiger partial charge is 0.260 e. The highest BCUT2D eigenvalue weighted by Gasteiger charge is 2.27. The fourth-order valence-corrected chi connectivity index (χ4v) is 3.02. The first-order chi connectivity index (χ1) is 13.0. The Bertz CT molecular complexity index is 926. The zero-order chi connectivity index (χ0) is 19.4. The van der Waals surface area contributed by atoms with Gasteiger partial charge in [0.2, 0.25) is 0 Å². The molecule has 0 atom stereocenters. The van der Waals surface area contributed by atoms with Crippen LogP contribution in [0, 0.1) is 0 Å². The SMILES string of the molecule is O=C1NC(=O)c2ccc(Br)cc2/C1=C/NCc1ccc(OCCO)c(O)c1. The van der Waals surface area contributed by atoms with Gasteiger partial charge in [0.05, 0.1) is 12.2 Å². The molecule has 0 bridgehead atoms. The molecule has 140 valence electrons. The van der Waals surface area contributed by atoms with Crippen LogP contribution in [0.3, 0.4) is 0 Å². The number of carbonyl (C=O) groups excluding carboxylic acids is 2. The number of rotatable bonds is 6. The summed E-state index contributed by atoms with van der Waals surface area (Å²) in [4.78, 5) is 24.1. The van der Waals surface area contributed by atoms with Crippen LogP contribution >= 0.6 is 15.9 Å². The molecule has 7 nitrogen and oxygen atoms in total. The number of nitrogens with one attached hydrogen (secondary N) is 2. The Kier molecular flexibility index (Phi) is 5.78. The van der Waals surface area contributed by atoms with Crippen LogP contribution in [0.5, 0.6) is 11.5 Å². The van der Waals surface area contributed by atoms with Gasteiger partial charge in [0.15, 0.2) is 11.5 Å². The molecule has 0 radical (unpaired) electrons. The lowest BCUT2D eigenvalue weighted by Crippen LogP contribution is -2.37. The quantitative estimate of drug-likeness (QED) is 0.410. The number of aliphatic hydroxyl groups is 1. The molecule has 27 heavy (non-hydrogen) atoms. The number of amides is 2. The average Bonchev–Trinajstić information content (AvgIpc) is 2.63. The molecule has 0 spiro atoms. The molecule has 3 rings (SSSR count). The largest absolute Gasteiger partial charge is 0.504 e. The van der Waals surface area contributed by atoms with Gasteiger partial charge in [-0.1, -0.05) is 22.0 Å². The molecule has 1 heterocycles. The highest BCUT2D eigenvalue weighted by molar-refractivity contribution is 9.10. The van der Waals surface area contributed by atoms with Crippen LogP contribution in [-0.4, -0.2) is 35.2 Å². The van der Waals surface area contributed by atoms with Crippen molar-refractivity contribution in [3.63, 3.8) is 0 Å². The van der Waals surface area contributed by atoms with Crippen molar-refractivity contribution in [2.75, 3.05) is 13.2 Å². The second kappa shape index (κ2) is 8.24. The van der Waals surface area contributed by atoms with Crippen molar-refractivity contribution in [1.82, 2.24) is 10.6 Å². The van der Waals surface area contributed by atoms with Crippen molar-refractivity contribution in [3.8, 4) is 11.5 Å². The van der Waals surface area contributed by atoms with E-state index < -0.39 is 11.8 Å². The van der Waals surface area contributed by atoms with Crippen molar-refractivity contribution in [2.24, 2.45) is 0 Å². The molecule has 2 amide bonds. The molecule has 4 N–H and O–H groups in total. The van der Waals surface area contributed by atoms with Gasteiger partial charge in [-0.2, -0.15) is 0 Å². The van der Waals surface area contributed by atoms with E-state index in [1.54, 1.807) is 36.5 Å². The number of benzene rings is 2. The fraction of sp³-hybridized carbons (Fsp3) is 0.158. The minimum atomic E-state index is -0.478. The Labute approximate surface area is 163 Å². The molecule has 1 aliphatic rings. The predicted octanol–water partition coefficient (Wildman–Crippen LogP) is 1.93. The second-order valence-electron chi connectivity index (χ2n) is 5.79. The topological polar surface area (TPSA) is 108 Å². The van der Waals surface area contributed by atoms with E-state index in [1.807, 2.05) is 0 Å². The molecule has 1 aliphatic heterocycles. The number of phenols is 1. The molecule has 0 unspecified atom stereocenters. The molecule has 2 aromatic carbocycles. The Balaban J connectivity index is 1.76. The maximum atomic E-state index is 12.2. The zero-order valence-electron chi connectivity index (χ0n) is 14.2. The fourth-order valence-electron chi connectivity index (χ4n) is 2.66. The number of halogens is 1. The molecular formula is C19H17BrN2O5. The van der Waals surface area contributed by atoms with E-state index in [2.05, 4.69) is 26.6 Å². The van der Waals surface area contributed by atoms with E-state index in [9.17, 15) is 14.7 Å². The molecule has 8 heteroatoms. The Morgan fingerprint density at radius 1 is 1.11 bits per heavy atom. The summed E-state index contributed by atoms with van der Waals surface area (Å²) < 4.78 is 5.96. The van der Waals surface area contributed by atoms with Crippen molar-refractivity contribution >= 4 is 33.3 Å². The summed E-state index contributed by atoms with van der Waals surface area (Å²) in [5, 5.41) is 24.0. The number of fused-ring (bicyclic) bond motifs is 1. The van der Waals surface area contributed by atoms with Gasteiger partial charge in [-0.15, -0.1) is 0 Å². The summed E-state index contributed by atoms with van der Waals surface area (Å²) in [6.45, 7) is 0.306. The maximum absolute atomic E-state index is 12.2. The van der Waals surface area contributed by atoms with E-state index in [-0.39, 0.29) is 24.7 Å². The van der Waals surface area contributed by atoms with Gasteiger partial charge in [0, 0.05) is 28.3 Å². The Morgan fingerprint density at radius 2 is 1.93 bits per heavy atom. The Hall–Kier alpha value is -2.84. The van der Waals surface area contributed by atoms with Gasteiger partial charge in [-0.25, -0.2) is 0 Å². The normalized spacial score (nSPS) is 14.7. The van der Waals surface area contributed by atoms with Crippen LogP contribution < -0.4 is 15.4 Å². The third-order valence-corrected chi connectivity index (χ3v) is 4.41. The van der Waals surface area contributed by atoms with Gasteiger partial charge in [-0.3, -0.25) is 14.9 Å². The van der Waals surface area contributed by atoms with Crippen LogP contribution in [-0.2, 0) is 11.3 Å². The highest BCUT2D eigenvalue weighted by Crippen LogP contribution is 2.28. The predicted molar refractivity (Wildman–Crippen MR) is 102 cm³/mol. The lowest BCUT2D eigenvalue weighted by molar-refractivity contribution is -0.114. The number of phenolic OH excluding ortho intramolecular Hbond substituents is 1. The van der Waals surface area contributed by atoms with Gasteiger partial charge in [0.1, 0.15) is 6.61 Å². The van der Waals surface area contributed by atoms with Crippen LogP contribution in [0.2, 0.25) is 0 Å². The van der Waals surface area contributed by atoms with Crippen LogP contribution in [0.15, 0.2) is 47.1 Å². The van der Waals surface area contributed by atoms with Gasteiger partial charge in [-0.05, 0) is 35.9 Å². The lowest BCUT2D eigenvalue weighted by atomic mass is 9.95. The molecule has 0 aliphatic carbocycles. The first-order valence-corrected chi connectivity index (χ1v) is 8.93. The molecule has 0 saturated carbocycles. The molecular weight excluding hydrogens is 416 g/mol. The Morgan fingerprint density at radius 3 is 2.67 bits per heavy atom. The first-order valence-electron chi connectivity index (χ1n) is 8.14. The molecule has 0 fully saturated rings. The van der Waals surface area contributed by atoms with E-state index in [1.165, 1.54) is 6.07 Å². The van der Waals surface area contributed by atoms with Crippen LogP contribution in [0.4, 0.5) is 0 Å². The van der Waals surface area contributed by atoms with Gasteiger partial charge in [0.25, 0.3) is 11.8 Å². The van der Waals surface area contributed by atoms with Crippen molar-refractivity contribution in [3.05, 3.63) is 63.8 Å². The minimum Gasteiger partial charge on any atom is -0.504 e.